The maximum absolute atomic E-state index is 11.5. The minimum absolute atomic E-state index is 0.00831. The Morgan fingerprint density at radius 3 is 3.12 bits per heavy atom. The van der Waals surface area contributed by atoms with Gasteiger partial charge in [-0.2, -0.15) is 5.10 Å². The lowest BCUT2D eigenvalue weighted by atomic mass is 10.2. The zero-order chi connectivity index (χ0) is 11.4. The summed E-state index contributed by atoms with van der Waals surface area (Å²) in [5.41, 5.74) is 0.996. The summed E-state index contributed by atoms with van der Waals surface area (Å²) in [7, 11) is 0. The van der Waals surface area contributed by atoms with Gasteiger partial charge in [0.1, 0.15) is 0 Å². The molecule has 1 amide bonds. The van der Waals surface area contributed by atoms with Gasteiger partial charge in [-0.15, -0.1) is 0 Å². The number of H-pyrrole nitrogens is 1. The zero-order valence-corrected chi connectivity index (χ0v) is 9.49. The van der Waals surface area contributed by atoms with Crippen LogP contribution in [0.15, 0.2) is 12.4 Å². The molecule has 0 radical (unpaired) electrons. The zero-order valence-electron chi connectivity index (χ0n) is 9.49. The van der Waals surface area contributed by atoms with Crippen molar-refractivity contribution >= 4 is 5.91 Å². The molecule has 2 rings (SSSR count). The normalized spacial score (nSPS) is 17.1. The average Bonchev–Trinajstić information content (AvgIpc) is 2.91. The first-order valence-corrected chi connectivity index (χ1v) is 5.74. The minimum atomic E-state index is 0.00831. The number of rotatable bonds is 6. The molecule has 1 fully saturated rings. The van der Waals surface area contributed by atoms with E-state index in [4.69, 9.17) is 0 Å². The van der Waals surface area contributed by atoms with Crippen LogP contribution < -0.4 is 10.6 Å². The first-order chi connectivity index (χ1) is 7.75. The number of hydrogen-bond donors (Lipinski definition) is 3. The molecule has 1 aliphatic rings. The molecule has 3 N–H and O–H groups in total. The van der Waals surface area contributed by atoms with E-state index in [9.17, 15) is 4.79 Å². The topological polar surface area (TPSA) is 69.8 Å². The molecule has 1 atom stereocenters. The van der Waals surface area contributed by atoms with E-state index in [0.717, 1.165) is 18.0 Å². The number of aromatic nitrogens is 2. The van der Waals surface area contributed by atoms with Crippen LogP contribution in [0, 0.1) is 5.92 Å². The van der Waals surface area contributed by atoms with Crippen LogP contribution in [-0.2, 0) is 4.79 Å². The Hall–Kier alpha value is -1.36. The lowest BCUT2D eigenvalue weighted by Crippen LogP contribution is -2.36. The summed E-state index contributed by atoms with van der Waals surface area (Å²) >= 11 is 0. The SMILES string of the molecule is CC(NC(=O)CNCC1CC1)c1cn[nH]c1. The van der Waals surface area contributed by atoms with Crippen LogP contribution >= 0.6 is 0 Å². The Morgan fingerprint density at radius 2 is 2.50 bits per heavy atom. The van der Waals surface area contributed by atoms with Crippen molar-refractivity contribution in [3.05, 3.63) is 18.0 Å². The van der Waals surface area contributed by atoms with Gasteiger partial charge in [0.2, 0.25) is 5.91 Å². The van der Waals surface area contributed by atoms with Crippen molar-refractivity contribution in [2.24, 2.45) is 5.92 Å². The minimum Gasteiger partial charge on any atom is -0.348 e. The maximum atomic E-state index is 11.5. The van der Waals surface area contributed by atoms with E-state index in [1.165, 1.54) is 12.8 Å². The number of amides is 1. The van der Waals surface area contributed by atoms with Crippen molar-refractivity contribution in [2.75, 3.05) is 13.1 Å². The highest BCUT2D eigenvalue weighted by atomic mass is 16.1. The largest absolute Gasteiger partial charge is 0.348 e. The van der Waals surface area contributed by atoms with Crippen molar-refractivity contribution in [3.8, 4) is 0 Å². The van der Waals surface area contributed by atoms with E-state index in [2.05, 4.69) is 20.8 Å². The fourth-order valence-corrected chi connectivity index (χ4v) is 1.59. The monoisotopic (exact) mass is 222 g/mol. The van der Waals surface area contributed by atoms with Gasteiger partial charge in [0.05, 0.1) is 18.8 Å². The van der Waals surface area contributed by atoms with Crippen LogP contribution in [0.3, 0.4) is 0 Å². The number of hydrogen-bond acceptors (Lipinski definition) is 3. The van der Waals surface area contributed by atoms with E-state index >= 15 is 0 Å². The Balaban J connectivity index is 1.65. The van der Waals surface area contributed by atoms with Crippen molar-refractivity contribution < 1.29 is 4.79 Å². The third kappa shape index (κ3) is 3.34. The van der Waals surface area contributed by atoms with Crippen LogP contribution in [0.2, 0.25) is 0 Å². The van der Waals surface area contributed by atoms with Gasteiger partial charge >= 0.3 is 0 Å². The molecule has 0 spiro atoms. The van der Waals surface area contributed by atoms with Crippen LogP contribution in [0.25, 0.3) is 0 Å². The van der Waals surface area contributed by atoms with E-state index < -0.39 is 0 Å². The van der Waals surface area contributed by atoms with Crippen LogP contribution in [0.4, 0.5) is 0 Å². The van der Waals surface area contributed by atoms with Gasteiger partial charge in [-0.3, -0.25) is 9.89 Å². The third-order valence-electron chi connectivity index (χ3n) is 2.81. The summed E-state index contributed by atoms with van der Waals surface area (Å²) in [6.45, 7) is 3.32. The van der Waals surface area contributed by atoms with Gasteiger partial charge in [-0.05, 0) is 32.2 Å². The molecule has 1 aromatic rings. The second-order valence-electron chi connectivity index (χ2n) is 4.40. The van der Waals surface area contributed by atoms with Gasteiger partial charge in [-0.1, -0.05) is 0 Å². The van der Waals surface area contributed by atoms with E-state index in [1.807, 2.05) is 6.92 Å². The molecule has 1 heterocycles. The molecule has 1 unspecified atom stereocenters. The van der Waals surface area contributed by atoms with E-state index in [1.54, 1.807) is 12.4 Å². The van der Waals surface area contributed by atoms with Crippen molar-refractivity contribution in [2.45, 2.75) is 25.8 Å². The van der Waals surface area contributed by atoms with E-state index in [-0.39, 0.29) is 11.9 Å². The summed E-state index contributed by atoms with van der Waals surface area (Å²) < 4.78 is 0. The van der Waals surface area contributed by atoms with Crippen LogP contribution in [0.5, 0.6) is 0 Å². The van der Waals surface area contributed by atoms with Crippen molar-refractivity contribution in [1.29, 1.82) is 0 Å². The quantitative estimate of drug-likeness (QED) is 0.659. The number of nitrogens with one attached hydrogen (secondary N) is 3. The summed E-state index contributed by atoms with van der Waals surface area (Å²) in [4.78, 5) is 11.5. The highest BCUT2D eigenvalue weighted by molar-refractivity contribution is 5.78. The predicted octanol–water partition coefficient (Wildman–Crippen LogP) is 0.586. The molecule has 88 valence electrons. The van der Waals surface area contributed by atoms with Gasteiger partial charge in [0, 0.05) is 11.8 Å². The number of aromatic amines is 1. The number of carbonyl (C=O) groups excluding carboxylic acids is 1. The molecule has 5 nitrogen and oxygen atoms in total. The second kappa shape index (κ2) is 5.12. The Labute approximate surface area is 95.0 Å². The van der Waals surface area contributed by atoms with Crippen LogP contribution in [-0.4, -0.2) is 29.2 Å². The Bertz CT molecular complexity index is 332. The fourth-order valence-electron chi connectivity index (χ4n) is 1.59. The first kappa shape index (κ1) is 11.1. The summed E-state index contributed by atoms with van der Waals surface area (Å²) in [6.07, 6.45) is 6.13. The van der Waals surface area contributed by atoms with Gasteiger partial charge in [-0.25, -0.2) is 0 Å². The average molecular weight is 222 g/mol. The lowest BCUT2D eigenvalue weighted by Gasteiger charge is -2.12. The number of nitrogens with zero attached hydrogens (tertiary/aromatic N) is 1. The highest BCUT2D eigenvalue weighted by Gasteiger charge is 2.20. The molecule has 0 aromatic carbocycles. The van der Waals surface area contributed by atoms with Crippen molar-refractivity contribution in [3.63, 3.8) is 0 Å². The fraction of sp³-hybridized carbons (Fsp3) is 0.636. The molecule has 5 heteroatoms. The van der Waals surface area contributed by atoms with Gasteiger partial charge in [0.15, 0.2) is 0 Å². The molecule has 1 aromatic heterocycles. The molecular weight excluding hydrogens is 204 g/mol. The van der Waals surface area contributed by atoms with Crippen molar-refractivity contribution in [1.82, 2.24) is 20.8 Å². The predicted molar refractivity (Wildman–Crippen MR) is 60.7 cm³/mol. The Morgan fingerprint density at radius 1 is 1.69 bits per heavy atom. The van der Waals surface area contributed by atoms with E-state index in [0.29, 0.717) is 6.54 Å². The summed E-state index contributed by atoms with van der Waals surface area (Å²) in [5, 5.41) is 12.7. The second-order valence-corrected chi connectivity index (χ2v) is 4.40. The molecule has 1 aliphatic carbocycles. The number of carbonyl (C=O) groups is 1. The summed E-state index contributed by atoms with van der Waals surface area (Å²) in [6, 6.07) is 0.00831. The molecule has 1 saturated carbocycles. The molecule has 16 heavy (non-hydrogen) atoms. The summed E-state index contributed by atoms with van der Waals surface area (Å²) in [5.74, 6) is 0.841. The molecule has 0 bridgehead atoms. The Kier molecular flexibility index (Phi) is 3.56. The molecule has 0 aliphatic heterocycles. The molecular formula is C11H18N4O. The van der Waals surface area contributed by atoms with Gasteiger partial charge in [0.25, 0.3) is 0 Å². The van der Waals surface area contributed by atoms with Gasteiger partial charge < -0.3 is 10.6 Å². The molecule has 0 saturated heterocycles. The smallest absolute Gasteiger partial charge is 0.234 e. The standard InChI is InChI=1S/C11H18N4O/c1-8(10-5-13-14-6-10)15-11(16)7-12-4-9-2-3-9/h5-6,8-9,12H,2-4,7H2,1H3,(H,13,14)(H,15,16). The lowest BCUT2D eigenvalue weighted by molar-refractivity contribution is -0.120. The first-order valence-electron chi connectivity index (χ1n) is 5.74. The third-order valence-corrected chi connectivity index (χ3v) is 2.81. The highest BCUT2D eigenvalue weighted by Crippen LogP contribution is 2.27. The van der Waals surface area contributed by atoms with Crippen LogP contribution in [0.1, 0.15) is 31.4 Å². The maximum Gasteiger partial charge on any atom is 0.234 e.